The van der Waals surface area contributed by atoms with Crippen LogP contribution in [0.3, 0.4) is 0 Å². The number of carboxylic acids is 2. The van der Waals surface area contributed by atoms with E-state index in [-0.39, 0.29) is 36.5 Å². The first-order chi connectivity index (χ1) is 23.1. The fourth-order valence-corrected chi connectivity index (χ4v) is 7.77. The summed E-state index contributed by atoms with van der Waals surface area (Å²) >= 11 is 0. The molecule has 278 valence electrons. The minimum Gasteiger partial charge on any atom is -0.481 e. The van der Waals surface area contributed by atoms with Crippen molar-refractivity contribution in [3.05, 3.63) is 0 Å². The molecular weight excluding hydrogens is 642 g/mol. The molecule has 0 saturated heterocycles. The van der Waals surface area contributed by atoms with E-state index in [4.69, 9.17) is 20.6 Å². The molecule has 2 saturated carbocycles. The Bertz CT molecular complexity index is 1190. The predicted molar refractivity (Wildman–Crippen MR) is 177 cm³/mol. The van der Waals surface area contributed by atoms with Crippen LogP contribution in [-0.2, 0) is 28.7 Å². The van der Waals surface area contributed by atoms with Crippen LogP contribution in [0, 0.1) is 40.9 Å². The zero-order valence-electron chi connectivity index (χ0n) is 29.2. The van der Waals surface area contributed by atoms with E-state index in [0.717, 1.165) is 12.8 Å². The Morgan fingerprint density at radius 2 is 1.22 bits per heavy atom. The number of carbonyl (C=O) groups excluding carboxylic acids is 4. The fourth-order valence-electron chi connectivity index (χ4n) is 7.77. The van der Waals surface area contributed by atoms with E-state index in [2.05, 4.69) is 26.6 Å². The van der Waals surface area contributed by atoms with E-state index in [9.17, 15) is 39.0 Å². The molecule has 0 unspecified atom stereocenters. The van der Waals surface area contributed by atoms with Gasteiger partial charge in [-0.15, -0.1) is 0 Å². The lowest BCUT2D eigenvalue weighted by molar-refractivity contribution is -0.146. The largest absolute Gasteiger partial charge is 0.481 e. The van der Waals surface area contributed by atoms with Crippen molar-refractivity contribution in [1.29, 1.82) is 5.41 Å². The molecule has 0 heterocycles. The highest BCUT2D eigenvalue weighted by Crippen LogP contribution is 2.41. The number of alkyl carbamates (subject to hydrolysis) is 2. The smallest absolute Gasteiger partial charge is 0.408 e. The number of guanidine groups is 1. The van der Waals surface area contributed by atoms with Gasteiger partial charge in [-0.25, -0.2) is 9.59 Å². The van der Waals surface area contributed by atoms with Gasteiger partial charge >= 0.3 is 24.1 Å². The van der Waals surface area contributed by atoms with Crippen LogP contribution in [-0.4, -0.2) is 89.1 Å². The number of aliphatic carboxylic acids is 2. The van der Waals surface area contributed by atoms with Crippen molar-refractivity contribution in [3.8, 4) is 0 Å². The normalized spacial score (nSPS) is 25.9. The number of nitrogens with two attached hydrogens (primary N) is 1. The average Bonchev–Trinajstić information content (AvgIpc) is 3.57. The number of ether oxygens (including phenoxy) is 2. The lowest BCUT2D eigenvalue weighted by Crippen LogP contribution is -2.56. The van der Waals surface area contributed by atoms with Crippen molar-refractivity contribution in [2.75, 3.05) is 6.67 Å². The average molecular weight is 698 g/mol. The Morgan fingerprint density at radius 3 is 1.67 bits per heavy atom. The molecule has 17 nitrogen and oxygen atoms in total. The second kappa shape index (κ2) is 19.0. The van der Waals surface area contributed by atoms with Crippen LogP contribution in [0.2, 0.25) is 0 Å². The zero-order valence-corrected chi connectivity index (χ0v) is 29.2. The maximum atomic E-state index is 13.0. The van der Waals surface area contributed by atoms with Gasteiger partial charge in [-0.3, -0.25) is 24.6 Å². The van der Waals surface area contributed by atoms with Gasteiger partial charge in [0.1, 0.15) is 12.2 Å². The quantitative estimate of drug-likeness (QED) is 0.0597. The highest BCUT2D eigenvalue weighted by molar-refractivity contribution is 5.77. The maximum absolute atomic E-state index is 13.0. The summed E-state index contributed by atoms with van der Waals surface area (Å²) in [5, 5.41) is 41.0. The van der Waals surface area contributed by atoms with E-state index >= 15 is 0 Å². The summed E-state index contributed by atoms with van der Waals surface area (Å²) in [5.74, 6) is -6.92. The SMILES string of the molecule is CCC(CC)[C@@H](NC(C)=O)[C@H]1CC[C@H](C(=O)O)[C@H]1OC(=O)NCNC(=O)O[C@H]1[C@@H]([C@H](NC(C)=O)C(CC)CC)[C@H](NC(=N)N)C[C@@H]1C(=O)O. The van der Waals surface area contributed by atoms with Crippen molar-refractivity contribution < 1.29 is 48.5 Å². The van der Waals surface area contributed by atoms with E-state index in [1.54, 1.807) is 0 Å². The van der Waals surface area contributed by atoms with Gasteiger partial charge < -0.3 is 52.0 Å². The van der Waals surface area contributed by atoms with Crippen LogP contribution in [0.1, 0.15) is 86.5 Å². The van der Waals surface area contributed by atoms with Crippen molar-refractivity contribution >= 4 is 41.9 Å². The van der Waals surface area contributed by atoms with Crippen molar-refractivity contribution in [2.45, 2.75) is 117 Å². The summed E-state index contributed by atoms with van der Waals surface area (Å²) in [6.07, 6.45) is -1.01. The summed E-state index contributed by atoms with van der Waals surface area (Å²) in [6.45, 7) is 10.00. The Kier molecular flexibility index (Phi) is 15.9. The molecule has 4 amide bonds. The van der Waals surface area contributed by atoms with E-state index in [0.29, 0.717) is 19.3 Å². The van der Waals surface area contributed by atoms with Crippen molar-refractivity contribution in [3.63, 3.8) is 0 Å². The Balaban J connectivity index is 2.21. The topological polar surface area (TPSA) is 271 Å². The molecule has 9 atom stereocenters. The summed E-state index contributed by atoms with van der Waals surface area (Å²) in [4.78, 5) is 74.6. The number of carboxylic acid groups (broad SMARTS) is 2. The lowest BCUT2D eigenvalue weighted by atomic mass is 9.80. The van der Waals surface area contributed by atoms with Crippen LogP contribution in [0.25, 0.3) is 0 Å². The first-order valence-electron chi connectivity index (χ1n) is 17.1. The number of carbonyl (C=O) groups is 6. The maximum Gasteiger partial charge on any atom is 0.408 e. The standard InChI is InChI=1S/C32H55N7O10/c1-7-17(8-2)24(37-15(5)40)19-11-12-20(28(42)43)26(19)48-31(46)35-14-36-32(47)49-27-21(29(44)45)13-22(39-30(33)34)23(27)25(38-16(6)41)18(9-3)10-4/h17-27H,7-14H2,1-6H3,(H,35,46)(H,36,47)(H,37,40)(H,38,41)(H,42,43)(H,44,45)(H4,33,34,39)/t19-,20+,21+,22-,23-,24-,25-,26+,27-/m1/s1. The molecule has 0 radical (unpaired) electrons. The van der Waals surface area contributed by atoms with Crippen LogP contribution in [0.5, 0.6) is 0 Å². The highest BCUT2D eigenvalue weighted by atomic mass is 16.6. The molecule has 2 aliphatic rings. The predicted octanol–water partition coefficient (Wildman–Crippen LogP) is 1.70. The minimum absolute atomic E-state index is 0.0292. The lowest BCUT2D eigenvalue weighted by Gasteiger charge is -2.37. The van der Waals surface area contributed by atoms with Gasteiger partial charge in [0.05, 0.1) is 18.5 Å². The minimum atomic E-state index is -1.25. The summed E-state index contributed by atoms with van der Waals surface area (Å²) in [6, 6.07) is -1.75. The molecule has 0 aromatic heterocycles. The fraction of sp³-hybridized carbons (Fsp3) is 0.781. The molecule has 49 heavy (non-hydrogen) atoms. The van der Waals surface area contributed by atoms with Gasteiger partial charge in [0.2, 0.25) is 11.8 Å². The van der Waals surface area contributed by atoms with Gasteiger partial charge in [-0.2, -0.15) is 0 Å². The third kappa shape index (κ3) is 11.1. The van der Waals surface area contributed by atoms with Gasteiger partial charge in [0.15, 0.2) is 5.96 Å². The Hall–Kier alpha value is -4.31. The van der Waals surface area contributed by atoms with Gasteiger partial charge in [-0.05, 0) is 31.1 Å². The first kappa shape index (κ1) is 40.9. The van der Waals surface area contributed by atoms with Gasteiger partial charge in [-0.1, -0.05) is 53.4 Å². The molecule has 17 heteroatoms. The molecule has 0 aromatic rings. The Labute approximate surface area is 287 Å². The zero-order chi connectivity index (χ0) is 37.0. The van der Waals surface area contributed by atoms with Crippen LogP contribution < -0.4 is 32.3 Å². The second-order valence-electron chi connectivity index (χ2n) is 13.0. The number of rotatable bonds is 17. The summed E-state index contributed by atoms with van der Waals surface area (Å²) in [7, 11) is 0. The number of hydrogen-bond donors (Lipinski definition) is 9. The van der Waals surface area contributed by atoms with Crippen molar-refractivity contribution in [2.24, 2.45) is 41.2 Å². The van der Waals surface area contributed by atoms with Crippen LogP contribution in [0.4, 0.5) is 9.59 Å². The number of amides is 4. The highest BCUT2D eigenvalue weighted by Gasteiger charge is 2.54. The van der Waals surface area contributed by atoms with Crippen LogP contribution >= 0.6 is 0 Å². The van der Waals surface area contributed by atoms with Gasteiger partial charge in [0.25, 0.3) is 0 Å². The van der Waals surface area contributed by atoms with Gasteiger partial charge in [0, 0.05) is 43.8 Å². The summed E-state index contributed by atoms with van der Waals surface area (Å²) in [5.41, 5.74) is 5.61. The molecule has 2 fully saturated rings. The molecule has 10 N–H and O–H groups in total. The number of hydrogen-bond acceptors (Lipinski definition) is 9. The van der Waals surface area contributed by atoms with Crippen LogP contribution in [0.15, 0.2) is 0 Å². The molecule has 0 spiro atoms. The molecule has 0 aromatic carbocycles. The third-order valence-electron chi connectivity index (χ3n) is 10.0. The van der Waals surface area contributed by atoms with E-state index < -0.39 is 90.8 Å². The Morgan fingerprint density at radius 1 is 0.755 bits per heavy atom. The van der Waals surface area contributed by atoms with E-state index in [1.165, 1.54) is 13.8 Å². The third-order valence-corrected chi connectivity index (χ3v) is 10.0. The second-order valence-corrected chi connectivity index (χ2v) is 13.0. The molecule has 0 aliphatic heterocycles. The summed E-state index contributed by atoms with van der Waals surface area (Å²) < 4.78 is 11.3. The van der Waals surface area contributed by atoms with E-state index in [1.807, 2.05) is 27.7 Å². The van der Waals surface area contributed by atoms with Crippen molar-refractivity contribution in [1.82, 2.24) is 26.6 Å². The molecule has 2 rings (SSSR count). The molecule has 2 aliphatic carbocycles. The first-order valence-corrected chi connectivity index (χ1v) is 17.1. The molecular formula is C32H55N7O10. The monoisotopic (exact) mass is 697 g/mol. The molecule has 0 bridgehead atoms. The number of nitrogens with one attached hydrogen (secondary N) is 6.